The van der Waals surface area contributed by atoms with Crippen molar-refractivity contribution < 1.29 is 18.3 Å². The summed E-state index contributed by atoms with van der Waals surface area (Å²) < 4.78 is 39.0. The Bertz CT molecular complexity index is 617. The summed E-state index contributed by atoms with van der Waals surface area (Å²) in [7, 11) is 0. The highest BCUT2D eigenvalue weighted by molar-refractivity contribution is 5.42. The van der Waals surface area contributed by atoms with E-state index in [4.69, 9.17) is 0 Å². The fourth-order valence-corrected chi connectivity index (χ4v) is 2.23. The van der Waals surface area contributed by atoms with Crippen molar-refractivity contribution in [3.05, 3.63) is 70.3 Å². The molecule has 0 amide bonds. The highest BCUT2D eigenvalue weighted by atomic mass is 19.4. The van der Waals surface area contributed by atoms with Crippen LogP contribution in [0.25, 0.3) is 0 Å². The number of aryl methyl sites for hydroxylation is 1. The first-order valence-electron chi connectivity index (χ1n) is 6.22. The van der Waals surface area contributed by atoms with Crippen LogP contribution in [0.2, 0.25) is 0 Å². The van der Waals surface area contributed by atoms with E-state index < -0.39 is 17.8 Å². The maximum absolute atomic E-state index is 13.0. The maximum Gasteiger partial charge on any atom is 0.416 e. The lowest BCUT2D eigenvalue weighted by atomic mass is 9.92. The van der Waals surface area contributed by atoms with Gasteiger partial charge in [-0.25, -0.2) is 0 Å². The van der Waals surface area contributed by atoms with Crippen LogP contribution in [0.5, 0.6) is 0 Å². The molecule has 1 unspecified atom stereocenters. The van der Waals surface area contributed by atoms with Crippen LogP contribution in [0.1, 0.15) is 33.9 Å². The van der Waals surface area contributed by atoms with Crippen LogP contribution in [-0.4, -0.2) is 5.11 Å². The van der Waals surface area contributed by atoms with Crippen LogP contribution in [0, 0.1) is 13.8 Å². The molecule has 106 valence electrons. The van der Waals surface area contributed by atoms with Crippen molar-refractivity contribution >= 4 is 0 Å². The Balaban J connectivity index is 2.55. The summed E-state index contributed by atoms with van der Waals surface area (Å²) in [6.45, 7) is 3.66. The summed E-state index contributed by atoms with van der Waals surface area (Å²) in [6.07, 6.45) is -5.76. The number of hydrogen-bond donors (Lipinski definition) is 1. The monoisotopic (exact) mass is 280 g/mol. The zero-order valence-corrected chi connectivity index (χ0v) is 11.2. The van der Waals surface area contributed by atoms with Crippen molar-refractivity contribution in [3.63, 3.8) is 0 Å². The summed E-state index contributed by atoms with van der Waals surface area (Å²) >= 11 is 0. The highest BCUT2D eigenvalue weighted by Gasteiger charge is 2.35. The van der Waals surface area contributed by atoms with Crippen molar-refractivity contribution in [2.45, 2.75) is 26.1 Å². The molecular formula is C16H15F3O. The summed E-state index contributed by atoms with van der Waals surface area (Å²) in [6, 6.07) is 10.4. The number of hydrogen-bond acceptors (Lipinski definition) is 1. The molecule has 1 nitrogen and oxygen atoms in total. The predicted octanol–water partition coefficient (Wildman–Crippen LogP) is 4.40. The second-order valence-electron chi connectivity index (χ2n) is 4.78. The molecule has 0 saturated heterocycles. The third-order valence-corrected chi connectivity index (χ3v) is 3.50. The van der Waals surface area contributed by atoms with Gasteiger partial charge in [0.25, 0.3) is 0 Å². The van der Waals surface area contributed by atoms with Crippen molar-refractivity contribution in [1.29, 1.82) is 0 Å². The second-order valence-corrected chi connectivity index (χ2v) is 4.78. The molecule has 0 aliphatic heterocycles. The summed E-state index contributed by atoms with van der Waals surface area (Å²) in [4.78, 5) is 0. The van der Waals surface area contributed by atoms with E-state index in [0.29, 0.717) is 5.56 Å². The molecule has 0 spiro atoms. The normalized spacial score (nSPS) is 13.3. The van der Waals surface area contributed by atoms with E-state index in [2.05, 4.69) is 0 Å². The van der Waals surface area contributed by atoms with Crippen LogP contribution >= 0.6 is 0 Å². The van der Waals surface area contributed by atoms with Gasteiger partial charge < -0.3 is 5.11 Å². The molecule has 2 aromatic rings. The molecule has 20 heavy (non-hydrogen) atoms. The minimum absolute atomic E-state index is 0.117. The number of aliphatic hydroxyl groups is 1. The van der Waals surface area contributed by atoms with Gasteiger partial charge in [-0.1, -0.05) is 36.4 Å². The molecule has 0 bridgehead atoms. The van der Waals surface area contributed by atoms with E-state index in [1.54, 1.807) is 19.1 Å². The second kappa shape index (κ2) is 5.29. The van der Waals surface area contributed by atoms with Gasteiger partial charge in [-0.3, -0.25) is 0 Å². The van der Waals surface area contributed by atoms with E-state index in [0.717, 1.165) is 17.2 Å². The molecule has 0 radical (unpaired) electrons. The lowest BCUT2D eigenvalue weighted by molar-refractivity contribution is -0.139. The molecule has 0 heterocycles. The smallest absolute Gasteiger partial charge is 0.384 e. The molecule has 0 fully saturated rings. The van der Waals surface area contributed by atoms with E-state index in [1.807, 2.05) is 13.0 Å². The SMILES string of the molecule is Cc1cccc(C(O)c2ccccc2C(F)(F)F)c1C. The summed E-state index contributed by atoms with van der Waals surface area (Å²) in [5.41, 5.74) is 1.33. The molecule has 1 atom stereocenters. The molecule has 0 saturated carbocycles. The van der Waals surface area contributed by atoms with E-state index in [9.17, 15) is 18.3 Å². The first-order chi connectivity index (χ1) is 9.32. The summed E-state index contributed by atoms with van der Waals surface area (Å²) in [5, 5.41) is 10.3. The number of benzene rings is 2. The Kier molecular flexibility index (Phi) is 3.86. The number of halogens is 3. The van der Waals surface area contributed by atoms with Gasteiger partial charge in [0.15, 0.2) is 0 Å². The van der Waals surface area contributed by atoms with Crippen LogP contribution < -0.4 is 0 Å². The average molecular weight is 280 g/mol. The third-order valence-electron chi connectivity index (χ3n) is 3.50. The number of rotatable bonds is 2. The fourth-order valence-electron chi connectivity index (χ4n) is 2.23. The molecule has 2 aromatic carbocycles. The largest absolute Gasteiger partial charge is 0.416 e. The van der Waals surface area contributed by atoms with Gasteiger partial charge in [0.05, 0.1) is 5.56 Å². The van der Waals surface area contributed by atoms with Gasteiger partial charge in [-0.15, -0.1) is 0 Å². The standard InChI is InChI=1S/C16H15F3O/c1-10-6-5-8-12(11(10)2)15(20)13-7-3-4-9-14(13)16(17,18)19/h3-9,15,20H,1-2H3. The molecule has 4 heteroatoms. The van der Waals surface area contributed by atoms with Crippen molar-refractivity contribution in [3.8, 4) is 0 Å². The highest BCUT2D eigenvalue weighted by Crippen LogP contribution is 2.37. The number of alkyl halides is 3. The van der Waals surface area contributed by atoms with Gasteiger partial charge in [0.1, 0.15) is 6.10 Å². The quantitative estimate of drug-likeness (QED) is 0.864. The Morgan fingerprint density at radius 2 is 1.50 bits per heavy atom. The van der Waals surface area contributed by atoms with Gasteiger partial charge in [0, 0.05) is 0 Å². The molecule has 0 aliphatic carbocycles. The third kappa shape index (κ3) is 2.70. The first kappa shape index (κ1) is 14.6. The maximum atomic E-state index is 13.0. The van der Waals surface area contributed by atoms with Crippen LogP contribution in [0.4, 0.5) is 13.2 Å². The van der Waals surface area contributed by atoms with Gasteiger partial charge in [0.2, 0.25) is 0 Å². The fraction of sp³-hybridized carbons (Fsp3) is 0.250. The van der Waals surface area contributed by atoms with E-state index in [1.165, 1.54) is 18.2 Å². The molecule has 0 aliphatic rings. The van der Waals surface area contributed by atoms with E-state index in [-0.39, 0.29) is 5.56 Å². The van der Waals surface area contributed by atoms with E-state index >= 15 is 0 Å². The molecule has 0 aromatic heterocycles. The predicted molar refractivity (Wildman–Crippen MR) is 71.4 cm³/mol. The van der Waals surface area contributed by atoms with Crippen molar-refractivity contribution in [2.24, 2.45) is 0 Å². The van der Waals surface area contributed by atoms with Crippen LogP contribution in [0.3, 0.4) is 0 Å². The average Bonchev–Trinajstić information content (AvgIpc) is 2.40. The molecule has 2 rings (SSSR count). The van der Waals surface area contributed by atoms with Gasteiger partial charge in [-0.2, -0.15) is 13.2 Å². The topological polar surface area (TPSA) is 20.2 Å². The van der Waals surface area contributed by atoms with Gasteiger partial charge >= 0.3 is 6.18 Å². The lowest BCUT2D eigenvalue weighted by Crippen LogP contribution is -2.13. The van der Waals surface area contributed by atoms with Crippen LogP contribution in [-0.2, 0) is 6.18 Å². The first-order valence-corrected chi connectivity index (χ1v) is 6.22. The Labute approximate surface area is 115 Å². The number of aliphatic hydroxyl groups excluding tert-OH is 1. The molecular weight excluding hydrogens is 265 g/mol. The van der Waals surface area contributed by atoms with Crippen LogP contribution in [0.15, 0.2) is 42.5 Å². The van der Waals surface area contributed by atoms with Crippen molar-refractivity contribution in [1.82, 2.24) is 0 Å². The zero-order valence-electron chi connectivity index (χ0n) is 11.2. The Hall–Kier alpha value is -1.81. The summed E-state index contributed by atoms with van der Waals surface area (Å²) in [5.74, 6) is 0. The van der Waals surface area contributed by atoms with Crippen molar-refractivity contribution in [2.75, 3.05) is 0 Å². The Morgan fingerprint density at radius 1 is 0.900 bits per heavy atom. The Morgan fingerprint density at radius 3 is 2.15 bits per heavy atom. The molecule has 1 N–H and O–H groups in total. The minimum Gasteiger partial charge on any atom is -0.384 e. The van der Waals surface area contributed by atoms with Gasteiger partial charge in [-0.05, 0) is 42.2 Å². The minimum atomic E-state index is -4.48. The lowest BCUT2D eigenvalue weighted by Gasteiger charge is -2.20. The zero-order chi connectivity index (χ0) is 14.9.